The molecule has 1 aromatic carbocycles. The van der Waals surface area contributed by atoms with Crippen molar-refractivity contribution in [2.75, 3.05) is 26.3 Å². The first kappa shape index (κ1) is 13.2. The second-order valence-electron chi connectivity index (χ2n) is 5.87. The minimum atomic E-state index is -0.281. The maximum atomic E-state index is 5.79. The van der Waals surface area contributed by atoms with Gasteiger partial charge in [-0.25, -0.2) is 0 Å². The lowest BCUT2D eigenvalue weighted by atomic mass is 10.0. The Morgan fingerprint density at radius 2 is 1.81 bits per heavy atom. The summed E-state index contributed by atoms with van der Waals surface area (Å²) >= 11 is 0. The largest absolute Gasteiger partial charge is 0.347 e. The van der Waals surface area contributed by atoms with E-state index in [9.17, 15) is 0 Å². The number of benzene rings is 1. The zero-order chi connectivity index (χ0) is 14.1. The van der Waals surface area contributed by atoms with Crippen LogP contribution in [0.25, 0.3) is 10.9 Å². The van der Waals surface area contributed by atoms with E-state index in [-0.39, 0.29) is 5.79 Å². The highest BCUT2D eigenvalue weighted by molar-refractivity contribution is 5.81. The zero-order valence-corrected chi connectivity index (χ0v) is 12.1. The number of pyridine rings is 1. The van der Waals surface area contributed by atoms with Crippen molar-refractivity contribution >= 4 is 10.9 Å². The SMILES string of the molecule is c1ccc2c(CN3CCC4(CC3)OCCO4)ccnc2c1. The third kappa shape index (κ3) is 2.55. The van der Waals surface area contributed by atoms with Crippen molar-refractivity contribution in [3.05, 3.63) is 42.1 Å². The van der Waals surface area contributed by atoms with Crippen molar-refractivity contribution in [1.29, 1.82) is 0 Å². The molecule has 2 aliphatic rings. The number of likely N-dealkylation sites (tertiary alicyclic amines) is 1. The molecule has 3 heterocycles. The summed E-state index contributed by atoms with van der Waals surface area (Å²) in [7, 11) is 0. The lowest BCUT2D eigenvalue weighted by molar-refractivity contribution is -0.185. The number of nitrogens with zero attached hydrogens (tertiary/aromatic N) is 2. The van der Waals surface area contributed by atoms with Crippen LogP contribution in [0.4, 0.5) is 0 Å². The van der Waals surface area contributed by atoms with Crippen LogP contribution in [0.15, 0.2) is 36.5 Å². The zero-order valence-electron chi connectivity index (χ0n) is 12.1. The molecule has 0 unspecified atom stereocenters. The highest BCUT2D eigenvalue weighted by atomic mass is 16.7. The Kier molecular flexibility index (Phi) is 3.37. The van der Waals surface area contributed by atoms with Gasteiger partial charge in [-0.15, -0.1) is 0 Å². The maximum Gasteiger partial charge on any atom is 0.170 e. The molecule has 0 aliphatic carbocycles. The second kappa shape index (κ2) is 5.37. The van der Waals surface area contributed by atoms with E-state index in [1.165, 1.54) is 10.9 Å². The average Bonchev–Trinajstić information content (AvgIpc) is 2.99. The number of hydrogen-bond acceptors (Lipinski definition) is 4. The van der Waals surface area contributed by atoms with Gasteiger partial charge in [-0.05, 0) is 17.7 Å². The molecule has 110 valence electrons. The van der Waals surface area contributed by atoms with E-state index < -0.39 is 0 Å². The van der Waals surface area contributed by atoms with Crippen LogP contribution in [0, 0.1) is 0 Å². The van der Waals surface area contributed by atoms with Gasteiger partial charge in [0, 0.05) is 44.1 Å². The minimum Gasteiger partial charge on any atom is -0.347 e. The highest BCUT2D eigenvalue weighted by Crippen LogP contribution is 2.32. The van der Waals surface area contributed by atoms with Gasteiger partial charge < -0.3 is 9.47 Å². The molecular formula is C17H20N2O2. The quantitative estimate of drug-likeness (QED) is 0.849. The molecule has 0 bridgehead atoms. The van der Waals surface area contributed by atoms with Crippen LogP contribution in [0.2, 0.25) is 0 Å². The third-order valence-corrected chi connectivity index (χ3v) is 4.56. The summed E-state index contributed by atoms with van der Waals surface area (Å²) in [5.74, 6) is -0.281. The molecule has 0 saturated carbocycles. The van der Waals surface area contributed by atoms with E-state index in [4.69, 9.17) is 9.47 Å². The maximum absolute atomic E-state index is 5.79. The number of hydrogen-bond donors (Lipinski definition) is 0. The number of rotatable bonds is 2. The van der Waals surface area contributed by atoms with Crippen molar-refractivity contribution in [2.24, 2.45) is 0 Å². The van der Waals surface area contributed by atoms with Gasteiger partial charge in [-0.1, -0.05) is 18.2 Å². The van der Waals surface area contributed by atoms with Crippen molar-refractivity contribution in [2.45, 2.75) is 25.2 Å². The molecule has 2 aromatic rings. The number of ether oxygens (including phenoxy) is 2. The van der Waals surface area contributed by atoms with Crippen molar-refractivity contribution in [3.8, 4) is 0 Å². The van der Waals surface area contributed by atoms with Gasteiger partial charge in [0.1, 0.15) is 0 Å². The van der Waals surface area contributed by atoms with Crippen LogP contribution in [0.3, 0.4) is 0 Å². The fourth-order valence-electron chi connectivity index (χ4n) is 3.37. The molecule has 0 amide bonds. The number of piperidine rings is 1. The monoisotopic (exact) mass is 284 g/mol. The summed E-state index contributed by atoms with van der Waals surface area (Å²) in [4.78, 5) is 6.92. The predicted octanol–water partition coefficient (Wildman–Crippen LogP) is 2.57. The summed E-state index contributed by atoms with van der Waals surface area (Å²) < 4.78 is 11.6. The first-order valence-electron chi connectivity index (χ1n) is 7.68. The number of fused-ring (bicyclic) bond motifs is 1. The fourth-order valence-corrected chi connectivity index (χ4v) is 3.37. The van der Waals surface area contributed by atoms with E-state index in [0.29, 0.717) is 0 Å². The molecule has 2 fully saturated rings. The second-order valence-corrected chi connectivity index (χ2v) is 5.87. The van der Waals surface area contributed by atoms with Gasteiger partial charge >= 0.3 is 0 Å². The molecule has 0 atom stereocenters. The standard InChI is InChI=1S/C17H20N2O2/c1-2-4-16-15(3-1)14(5-8-18-16)13-19-9-6-17(7-10-19)20-11-12-21-17/h1-5,8H,6-7,9-13H2. The van der Waals surface area contributed by atoms with E-state index >= 15 is 0 Å². The van der Waals surface area contributed by atoms with Crippen LogP contribution >= 0.6 is 0 Å². The summed E-state index contributed by atoms with van der Waals surface area (Å²) in [6.07, 6.45) is 3.85. The Labute approximate surface area is 124 Å². The smallest absolute Gasteiger partial charge is 0.170 e. The average molecular weight is 284 g/mol. The van der Waals surface area contributed by atoms with Crippen molar-refractivity contribution in [1.82, 2.24) is 9.88 Å². The van der Waals surface area contributed by atoms with E-state index in [0.717, 1.165) is 51.2 Å². The molecule has 4 rings (SSSR count). The summed E-state index contributed by atoms with van der Waals surface area (Å²) in [6.45, 7) is 4.51. The Balaban J connectivity index is 1.49. The molecule has 4 nitrogen and oxygen atoms in total. The number of aromatic nitrogens is 1. The third-order valence-electron chi connectivity index (χ3n) is 4.56. The molecule has 1 spiro atoms. The van der Waals surface area contributed by atoms with Crippen molar-refractivity contribution in [3.63, 3.8) is 0 Å². The molecule has 1 aromatic heterocycles. The van der Waals surface area contributed by atoms with Crippen molar-refractivity contribution < 1.29 is 9.47 Å². The summed E-state index contributed by atoms with van der Waals surface area (Å²) in [5.41, 5.74) is 2.43. The molecule has 0 radical (unpaired) electrons. The van der Waals surface area contributed by atoms with Gasteiger partial charge in [-0.2, -0.15) is 0 Å². The molecule has 0 N–H and O–H groups in total. The molecule has 2 saturated heterocycles. The van der Waals surface area contributed by atoms with Crippen LogP contribution in [-0.4, -0.2) is 42.0 Å². The van der Waals surface area contributed by atoms with Gasteiger partial charge in [0.25, 0.3) is 0 Å². The highest BCUT2D eigenvalue weighted by Gasteiger charge is 2.39. The van der Waals surface area contributed by atoms with Gasteiger partial charge in [-0.3, -0.25) is 9.88 Å². The predicted molar refractivity (Wildman–Crippen MR) is 80.9 cm³/mol. The van der Waals surface area contributed by atoms with Crippen LogP contribution in [-0.2, 0) is 16.0 Å². The lowest BCUT2D eigenvalue weighted by Crippen LogP contribution is -2.44. The lowest BCUT2D eigenvalue weighted by Gasteiger charge is -2.37. The van der Waals surface area contributed by atoms with E-state index in [2.05, 4.69) is 34.1 Å². The Bertz CT molecular complexity index is 622. The minimum absolute atomic E-state index is 0.281. The van der Waals surface area contributed by atoms with Crippen LogP contribution < -0.4 is 0 Å². The first-order valence-corrected chi connectivity index (χ1v) is 7.68. The Morgan fingerprint density at radius 1 is 1.05 bits per heavy atom. The normalized spacial score (nSPS) is 22.1. The van der Waals surface area contributed by atoms with Gasteiger partial charge in [0.15, 0.2) is 5.79 Å². The molecule has 4 heteroatoms. The molecule has 2 aliphatic heterocycles. The fraction of sp³-hybridized carbons (Fsp3) is 0.471. The van der Waals surface area contributed by atoms with Gasteiger partial charge in [0.2, 0.25) is 0 Å². The van der Waals surface area contributed by atoms with Gasteiger partial charge in [0.05, 0.1) is 18.7 Å². The van der Waals surface area contributed by atoms with E-state index in [1.807, 2.05) is 12.3 Å². The summed E-state index contributed by atoms with van der Waals surface area (Å²) in [6, 6.07) is 10.5. The first-order chi connectivity index (χ1) is 10.3. The van der Waals surface area contributed by atoms with E-state index in [1.54, 1.807) is 0 Å². The Morgan fingerprint density at radius 3 is 2.62 bits per heavy atom. The number of para-hydroxylation sites is 1. The molecule has 21 heavy (non-hydrogen) atoms. The Hall–Kier alpha value is -1.49. The van der Waals surface area contributed by atoms with Crippen LogP contribution in [0.5, 0.6) is 0 Å². The summed E-state index contributed by atoms with van der Waals surface area (Å²) in [5, 5.41) is 1.26. The topological polar surface area (TPSA) is 34.6 Å². The molecular weight excluding hydrogens is 264 g/mol. The van der Waals surface area contributed by atoms with Crippen LogP contribution in [0.1, 0.15) is 18.4 Å².